The van der Waals surface area contributed by atoms with E-state index in [2.05, 4.69) is 5.32 Å². The lowest BCUT2D eigenvalue weighted by molar-refractivity contribution is -0.148. The molecule has 0 heterocycles. The van der Waals surface area contributed by atoms with Crippen LogP contribution < -0.4 is 5.32 Å². The molecular weight excluding hydrogens is 292 g/mol. The number of methoxy groups -OCH3 is 1. The van der Waals surface area contributed by atoms with Crippen LogP contribution in [0, 0.1) is 5.82 Å². The molecule has 0 aliphatic carbocycles. The fourth-order valence-corrected chi connectivity index (χ4v) is 2.51. The number of benzene rings is 1. The summed E-state index contributed by atoms with van der Waals surface area (Å²) in [6, 6.07) is 2.40. The molecule has 0 aliphatic rings. The molecule has 0 saturated carbocycles. The first kappa shape index (κ1) is 16.2. The van der Waals surface area contributed by atoms with Crippen molar-refractivity contribution < 1.29 is 13.9 Å². The van der Waals surface area contributed by atoms with E-state index in [0.29, 0.717) is 0 Å². The summed E-state index contributed by atoms with van der Waals surface area (Å²) in [5, 5.41) is 3.15. The average molecular weight is 308 g/mol. The lowest BCUT2D eigenvalue weighted by Crippen LogP contribution is -2.50. The van der Waals surface area contributed by atoms with Crippen molar-refractivity contribution in [3.8, 4) is 0 Å². The standard InChI is InChI=1S/C13H16Cl2FNO2/c1-7(2)17-13(3,12(18)19-4)8-5-11(16)10(15)6-9(8)14/h5-7,17H,1-4H3. The predicted molar refractivity (Wildman–Crippen MR) is 74.1 cm³/mol. The van der Waals surface area contributed by atoms with Gasteiger partial charge in [0.25, 0.3) is 0 Å². The Hall–Kier alpha value is -0.840. The molecule has 6 heteroatoms. The smallest absolute Gasteiger partial charge is 0.330 e. The van der Waals surface area contributed by atoms with Crippen LogP contribution >= 0.6 is 23.2 Å². The van der Waals surface area contributed by atoms with Gasteiger partial charge in [0, 0.05) is 16.6 Å². The number of carbonyl (C=O) groups is 1. The summed E-state index contributed by atoms with van der Waals surface area (Å²) >= 11 is 11.7. The Kier molecular flexibility index (Phi) is 5.18. The Morgan fingerprint density at radius 3 is 2.42 bits per heavy atom. The number of hydrogen-bond acceptors (Lipinski definition) is 3. The van der Waals surface area contributed by atoms with Gasteiger partial charge in [0.1, 0.15) is 11.4 Å². The minimum atomic E-state index is -1.24. The van der Waals surface area contributed by atoms with Crippen molar-refractivity contribution >= 4 is 29.2 Å². The van der Waals surface area contributed by atoms with E-state index >= 15 is 0 Å². The van der Waals surface area contributed by atoms with Crippen LogP contribution in [0.4, 0.5) is 4.39 Å². The summed E-state index contributed by atoms with van der Waals surface area (Å²) in [4.78, 5) is 12.0. The minimum Gasteiger partial charge on any atom is -0.467 e. The fraction of sp³-hybridized carbons (Fsp3) is 0.462. The number of ether oxygens (including phenoxy) is 1. The molecule has 19 heavy (non-hydrogen) atoms. The maximum Gasteiger partial charge on any atom is 0.330 e. The Bertz CT molecular complexity index is 494. The van der Waals surface area contributed by atoms with Crippen molar-refractivity contribution in [2.24, 2.45) is 0 Å². The van der Waals surface area contributed by atoms with Crippen LogP contribution in [0.1, 0.15) is 26.3 Å². The molecule has 1 N–H and O–H groups in total. The maximum atomic E-state index is 13.6. The van der Waals surface area contributed by atoms with Gasteiger partial charge in [-0.1, -0.05) is 23.2 Å². The van der Waals surface area contributed by atoms with Gasteiger partial charge in [0.2, 0.25) is 0 Å². The van der Waals surface area contributed by atoms with Gasteiger partial charge in [-0.3, -0.25) is 5.32 Å². The lowest BCUT2D eigenvalue weighted by Gasteiger charge is -2.31. The zero-order valence-corrected chi connectivity index (χ0v) is 12.7. The van der Waals surface area contributed by atoms with Crippen LogP contribution in [-0.4, -0.2) is 19.1 Å². The van der Waals surface area contributed by atoms with Gasteiger partial charge in [-0.2, -0.15) is 0 Å². The fourth-order valence-electron chi connectivity index (χ4n) is 1.93. The molecule has 0 saturated heterocycles. The summed E-state index contributed by atoms with van der Waals surface area (Å²) < 4.78 is 18.4. The molecule has 0 radical (unpaired) electrons. The van der Waals surface area contributed by atoms with Crippen LogP contribution in [0.3, 0.4) is 0 Å². The molecule has 1 rings (SSSR count). The minimum absolute atomic E-state index is 0.0288. The van der Waals surface area contributed by atoms with E-state index in [-0.39, 0.29) is 21.7 Å². The first-order chi connectivity index (χ1) is 8.72. The van der Waals surface area contributed by atoms with Crippen LogP contribution in [0.25, 0.3) is 0 Å². The third-order valence-electron chi connectivity index (χ3n) is 2.72. The van der Waals surface area contributed by atoms with Gasteiger partial charge in [-0.15, -0.1) is 0 Å². The molecule has 0 spiro atoms. The van der Waals surface area contributed by atoms with Gasteiger partial charge >= 0.3 is 5.97 Å². The van der Waals surface area contributed by atoms with Crippen LogP contribution in [-0.2, 0) is 15.1 Å². The van der Waals surface area contributed by atoms with Gasteiger partial charge < -0.3 is 4.74 Å². The highest BCUT2D eigenvalue weighted by atomic mass is 35.5. The Labute approximate surface area is 122 Å². The first-order valence-corrected chi connectivity index (χ1v) is 6.49. The topological polar surface area (TPSA) is 38.3 Å². The average Bonchev–Trinajstić information content (AvgIpc) is 2.31. The Balaban J connectivity index is 3.41. The van der Waals surface area contributed by atoms with E-state index in [1.165, 1.54) is 13.2 Å². The second-order valence-electron chi connectivity index (χ2n) is 4.66. The molecule has 1 atom stereocenters. The third kappa shape index (κ3) is 3.38. The Morgan fingerprint density at radius 1 is 1.37 bits per heavy atom. The van der Waals surface area contributed by atoms with Crippen molar-refractivity contribution in [2.45, 2.75) is 32.4 Å². The van der Waals surface area contributed by atoms with Gasteiger partial charge in [0.15, 0.2) is 0 Å². The summed E-state index contributed by atoms with van der Waals surface area (Å²) in [7, 11) is 1.27. The summed E-state index contributed by atoms with van der Waals surface area (Å²) in [5.74, 6) is -1.19. The van der Waals surface area contributed by atoms with E-state index in [9.17, 15) is 9.18 Å². The molecule has 0 fully saturated rings. The van der Waals surface area contributed by atoms with E-state index in [1.807, 2.05) is 13.8 Å². The molecule has 106 valence electrons. The summed E-state index contributed by atoms with van der Waals surface area (Å²) in [6.07, 6.45) is 0. The van der Waals surface area contributed by atoms with Crippen molar-refractivity contribution in [1.82, 2.24) is 5.32 Å². The third-order valence-corrected chi connectivity index (χ3v) is 3.32. The number of nitrogens with one attached hydrogen (secondary N) is 1. The number of carbonyl (C=O) groups excluding carboxylic acids is 1. The highest BCUT2D eigenvalue weighted by Crippen LogP contribution is 2.33. The highest BCUT2D eigenvalue weighted by molar-refractivity contribution is 6.35. The SMILES string of the molecule is COC(=O)C(C)(NC(C)C)c1cc(F)c(Cl)cc1Cl. The zero-order chi connectivity index (χ0) is 14.8. The van der Waals surface area contributed by atoms with Crippen molar-refractivity contribution in [3.05, 3.63) is 33.6 Å². The number of rotatable bonds is 4. The molecule has 0 aromatic heterocycles. The molecule has 1 aromatic rings. The lowest BCUT2D eigenvalue weighted by atomic mass is 9.91. The molecule has 0 bridgehead atoms. The second-order valence-corrected chi connectivity index (χ2v) is 5.48. The predicted octanol–water partition coefficient (Wildman–Crippen LogP) is 3.52. The zero-order valence-electron chi connectivity index (χ0n) is 11.2. The van der Waals surface area contributed by atoms with E-state index < -0.39 is 17.3 Å². The van der Waals surface area contributed by atoms with Gasteiger partial charge in [-0.25, -0.2) is 9.18 Å². The summed E-state index contributed by atoms with van der Waals surface area (Å²) in [6.45, 7) is 5.32. The monoisotopic (exact) mass is 307 g/mol. The van der Waals surface area contributed by atoms with E-state index in [1.54, 1.807) is 6.92 Å². The van der Waals surface area contributed by atoms with Gasteiger partial charge in [-0.05, 0) is 32.9 Å². The highest BCUT2D eigenvalue weighted by Gasteiger charge is 2.39. The van der Waals surface area contributed by atoms with Crippen molar-refractivity contribution in [1.29, 1.82) is 0 Å². The van der Waals surface area contributed by atoms with Crippen molar-refractivity contribution in [3.63, 3.8) is 0 Å². The van der Waals surface area contributed by atoms with Crippen molar-refractivity contribution in [2.75, 3.05) is 7.11 Å². The number of halogens is 3. The molecule has 1 aromatic carbocycles. The van der Waals surface area contributed by atoms with Crippen LogP contribution in [0.2, 0.25) is 10.0 Å². The number of hydrogen-bond donors (Lipinski definition) is 1. The molecule has 0 amide bonds. The van der Waals surface area contributed by atoms with Crippen LogP contribution in [0.5, 0.6) is 0 Å². The first-order valence-electron chi connectivity index (χ1n) is 5.73. The second kappa shape index (κ2) is 6.07. The Morgan fingerprint density at radius 2 is 1.95 bits per heavy atom. The molecule has 1 unspecified atom stereocenters. The molecule has 0 aliphatic heterocycles. The van der Waals surface area contributed by atoms with Crippen LogP contribution in [0.15, 0.2) is 12.1 Å². The number of esters is 1. The molecule has 3 nitrogen and oxygen atoms in total. The van der Waals surface area contributed by atoms with E-state index in [4.69, 9.17) is 27.9 Å². The van der Waals surface area contributed by atoms with E-state index in [0.717, 1.165) is 6.07 Å². The molecular formula is C13H16Cl2FNO2. The quantitative estimate of drug-likeness (QED) is 0.683. The largest absolute Gasteiger partial charge is 0.467 e. The maximum absolute atomic E-state index is 13.6. The summed E-state index contributed by atoms with van der Waals surface area (Å²) in [5.41, 5.74) is -0.956. The van der Waals surface area contributed by atoms with Gasteiger partial charge in [0.05, 0.1) is 12.1 Å². The normalized spacial score (nSPS) is 14.3.